The predicted molar refractivity (Wildman–Crippen MR) is 104 cm³/mol. The van der Waals surface area contributed by atoms with E-state index < -0.39 is 0 Å². The number of methoxy groups -OCH3 is 1. The molecule has 3 heteroatoms. The highest BCUT2D eigenvalue weighted by Gasteiger charge is 2.31. The van der Waals surface area contributed by atoms with Gasteiger partial charge in [0, 0.05) is 24.6 Å². The normalized spacial score (nSPS) is 23.5. The van der Waals surface area contributed by atoms with E-state index in [0.29, 0.717) is 11.7 Å². The molecule has 2 unspecified atom stereocenters. The number of benzene rings is 2. The highest BCUT2D eigenvalue weighted by Crippen LogP contribution is 2.31. The summed E-state index contributed by atoms with van der Waals surface area (Å²) in [5.74, 6) is 1.89. The van der Waals surface area contributed by atoms with Gasteiger partial charge in [0.15, 0.2) is 5.78 Å². The van der Waals surface area contributed by atoms with E-state index in [1.807, 2.05) is 18.2 Å². The molecule has 4 rings (SSSR count). The first-order chi connectivity index (χ1) is 12.7. The van der Waals surface area contributed by atoms with Gasteiger partial charge < -0.3 is 9.64 Å². The van der Waals surface area contributed by atoms with Crippen molar-refractivity contribution in [2.45, 2.75) is 31.6 Å². The fourth-order valence-electron chi connectivity index (χ4n) is 4.53. The van der Waals surface area contributed by atoms with E-state index in [1.165, 1.54) is 18.4 Å². The van der Waals surface area contributed by atoms with Gasteiger partial charge in [-0.25, -0.2) is 0 Å². The molecule has 0 spiro atoms. The van der Waals surface area contributed by atoms with Crippen molar-refractivity contribution >= 4 is 5.78 Å². The third-order valence-corrected chi connectivity index (χ3v) is 5.97. The average molecular weight is 349 g/mol. The lowest BCUT2D eigenvalue weighted by molar-refractivity contribution is 0.0837. The number of likely N-dealkylation sites (tertiary alicyclic amines) is 1. The van der Waals surface area contributed by atoms with Gasteiger partial charge in [0.05, 0.1) is 7.11 Å². The zero-order valence-corrected chi connectivity index (χ0v) is 15.5. The van der Waals surface area contributed by atoms with Gasteiger partial charge in [0.25, 0.3) is 0 Å². The number of fused-ring (bicyclic) bond motifs is 1. The molecule has 0 aromatic heterocycles. The highest BCUT2D eigenvalue weighted by molar-refractivity contribution is 6.00. The summed E-state index contributed by atoms with van der Waals surface area (Å²) in [5, 5.41) is 0. The Labute approximate surface area is 156 Å². The van der Waals surface area contributed by atoms with Crippen LogP contribution < -0.4 is 4.74 Å². The van der Waals surface area contributed by atoms with E-state index in [4.69, 9.17) is 4.74 Å². The molecule has 2 aliphatic rings. The van der Waals surface area contributed by atoms with E-state index in [1.54, 1.807) is 7.11 Å². The van der Waals surface area contributed by atoms with Crippen molar-refractivity contribution in [1.29, 1.82) is 0 Å². The molecule has 1 aliphatic carbocycles. The minimum atomic E-state index is 0.130. The van der Waals surface area contributed by atoms with Crippen LogP contribution >= 0.6 is 0 Å². The van der Waals surface area contributed by atoms with Crippen LogP contribution in [0.1, 0.15) is 46.7 Å². The fraction of sp³-hybridized carbons (Fsp3) is 0.435. The Hall–Kier alpha value is -2.13. The Morgan fingerprint density at radius 3 is 2.77 bits per heavy atom. The number of carbonyl (C=O) groups is 1. The lowest BCUT2D eigenvalue weighted by Crippen LogP contribution is -2.40. The van der Waals surface area contributed by atoms with E-state index in [0.717, 1.165) is 49.4 Å². The Morgan fingerprint density at radius 1 is 1.12 bits per heavy atom. The summed E-state index contributed by atoms with van der Waals surface area (Å²) in [6.07, 6.45) is 4.39. The standard InChI is InChI=1S/C23H27NO2/c1-26-21-11-12-22-18(14-21)9-10-20(23(22)25)16-24-13-5-8-19(15-24)17-6-3-2-4-7-17/h2-4,6-7,11-12,14,19-20H,5,8-10,13,15-16H2,1H3. The van der Waals surface area contributed by atoms with E-state index in [2.05, 4.69) is 35.2 Å². The van der Waals surface area contributed by atoms with Crippen molar-refractivity contribution < 1.29 is 9.53 Å². The number of aryl methyl sites for hydroxylation is 1. The van der Waals surface area contributed by atoms with Crippen molar-refractivity contribution in [3.05, 3.63) is 65.2 Å². The molecule has 3 nitrogen and oxygen atoms in total. The first kappa shape index (κ1) is 17.3. The summed E-state index contributed by atoms with van der Waals surface area (Å²) >= 11 is 0. The van der Waals surface area contributed by atoms with Gasteiger partial charge in [-0.3, -0.25) is 4.79 Å². The second-order valence-electron chi connectivity index (χ2n) is 7.63. The SMILES string of the molecule is COc1ccc2c(c1)CCC(CN1CCCC(c3ccccc3)C1)C2=O. The number of carbonyl (C=O) groups excluding carboxylic acids is 1. The number of hydrogen-bond donors (Lipinski definition) is 0. The summed E-state index contributed by atoms with van der Waals surface area (Å²) < 4.78 is 5.30. The predicted octanol–water partition coefficient (Wildman–Crippen LogP) is 4.32. The van der Waals surface area contributed by atoms with Gasteiger partial charge >= 0.3 is 0 Å². The maximum absolute atomic E-state index is 13.0. The van der Waals surface area contributed by atoms with Crippen LogP contribution in [0.2, 0.25) is 0 Å². The largest absolute Gasteiger partial charge is 0.497 e. The number of nitrogens with zero attached hydrogens (tertiary/aromatic N) is 1. The summed E-state index contributed by atoms with van der Waals surface area (Å²) in [6.45, 7) is 3.08. The minimum Gasteiger partial charge on any atom is -0.497 e. The lowest BCUT2D eigenvalue weighted by atomic mass is 9.81. The van der Waals surface area contributed by atoms with Crippen molar-refractivity contribution in [2.75, 3.05) is 26.7 Å². The maximum Gasteiger partial charge on any atom is 0.167 e. The highest BCUT2D eigenvalue weighted by atomic mass is 16.5. The number of hydrogen-bond acceptors (Lipinski definition) is 3. The molecule has 2 aromatic carbocycles. The van der Waals surface area contributed by atoms with Crippen LogP contribution in [0, 0.1) is 5.92 Å². The van der Waals surface area contributed by atoms with E-state index in [-0.39, 0.29) is 5.92 Å². The fourth-order valence-corrected chi connectivity index (χ4v) is 4.53. The Balaban J connectivity index is 1.43. The topological polar surface area (TPSA) is 29.5 Å². The Kier molecular flexibility index (Phi) is 5.07. The van der Waals surface area contributed by atoms with E-state index in [9.17, 15) is 4.79 Å². The molecule has 26 heavy (non-hydrogen) atoms. The van der Waals surface area contributed by atoms with E-state index >= 15 is 0 Å². The zero-order valence-electron chi connectivity index (χ0n) is 15.5. The van der Waals surface area contributed by atoms with Crippen LogP contribution in [0.4, 0.5) is 0 Å². The molecule has 1 saturated heterocycles. The first-order valence-electron chi connectivity index (χ1n) is 9.73. The van der Waals surface area contributed by atoms with Gasteiger partial charge in [-0.2, -0.15) is 0 Å². The van der Waals surface area contributed by atoms with Crippen molar-refractivity contribution in [1.82, 2.24) is 4.90 Å². The smallest absolute Gasteiger partial charge is 0.167 e. The molecular weight excluding hydrogens is 322 g/mol. The van der Waals surface area contributed by atoms with Crippen molar-refractivity contribution in [3.8, 4) is 5.75 Å². The second-order valence-corrected chi connectivity index (χ2v) is 7.63. The molecule has 0 N–H and O–H groups in total. The molecule has 0 saturated carbocycles. The third-order valence-electron chi connectivity index (χ3n) is 5.97. The van der Waals surface area contributed by atoms with Crippen molar-refractivity contribution in [2.24, 2.45) is 5.92 Å². The molecule has 0 bridgehead atoms. The minimum absolute atomic E-state index is 0.130. The third kappa shape index (κ3) is 3.54. The number of piperidine rings is 1. The maximum atomic E-state index is 13.0. The molecule has 1 fully saturated rings. The number of ketones is 1. The quantitative estimate of drug-likeness (QED) is 0.823. The number of ether oxygens (including phenoxy) is 1. The monoisotopic (exact) mass is 349 g/mol. The van der Waals surface area contributed by atoms with Gasteiger partial charge in [-0.05, 0) is 67.5 Å². The lowest BCUT2D eigenvalue weighted by Gasteiger charge is -2.36. The van der Waals surface area contributed by atoms with Gasteiger partial charge in [0.1, 0.15) is 5.75 Å². The molecule has 1 aliphatic heterocycles. The molecule has 2 aromatic rings. The average Bonchev–Trinajstić information content (AvgIpc) is 2.71. The van der Waals surface area contributed by atoms with Crippen LogP contribution in [-0.4, -0.2) is 37.4 Å². The number of rotatable bonds is 4. The van der Waals surface area contributed by atoms with Gasteiger partial charge in [0.2, 0.25) is 0 Å². The van der Waals surface area contributed by atoms with Gasteiger partial charge in [-0.1, -0.05) is 30.3 Å². The molecule has 136 valence electrons. The summed E-state index contributed by atoms with van der Waals surface area (Å²) in [7, 11) is 1.68. The number of Topliss-reactive ketones (excluding diaryl/α,β-unsaturated/α-hetero) is 1. The zero-order chi connectivity index (χ0) is 17.9. The molecule has 0 radical (unpaired) electrons. The molecule has 0 amide bonds. The Bertz CT molecular complexity index is 771. The Morgan fingerprint density at radius 2 is 1.96 bits per heavy atom. The van der Waals surface area contributed by atoms with Crippen LogP contribution in [0.3, 0.4) is 0 Å². The van der Waals surface area contributed by atoms with Crippen LogP contribution in [0.5, 0.6) is 5.75 Å². The molecular formula is C23H27NO2. The molecule has 1 heterocycles. The second kappa shape index (κ2) is 7.63. The van der Waals surface area contributed by atoms with Gasteiger partial charge in [-0.15, -0.1) is 0 Å². The summed E-state index contributed by atoms with van der Waals surface area (Å²) in [4.78, 5) is 15.5. The van der Waals surface area contributed by atoms with Crippen molar-refractivity contribution in [3.63, 3.8) is 0 Å². The van der Waals surface area contributed by atoms with Crippen LogP contribution in [-0.2, 0) is 6.42 Å². The van der Waals surface area contributed by atoms with Crippen LogP contribution in [0.15, 0.2) is 48.5 Å². The summed E-state index contributed by atoms with van der Waals surface area (Å²) in [5.41, 5.74) is 3.48. The van der Waals surface area contributed by atoms with Crippen LogP contribution in [0.25, 0.3) is 0 Å². The summed E-state index contributed by atoms with van der Waals surface area (Å²) in [6, 6.07) is 16.7. The molecule has 2 atom stereocenters. The first-order valence-corrected chi connectivity index (χ1v) is 9.73.